The molecule has 1 heterocycles. The largest absolute Gasteiger partial charge is 0.465 e. The van der Waals surface area contributed by atoms with Gasteiger partial charge in [-0.15, -0.1) is 0 Å². The van der Waals surface area contributed by atoms with Gasteiger partial charge in [0.1, 0.15) is 23.8 Å². The third kappa shape index (κ3) is 5.11. The first-order valence-electron chi connectivity index (χ1n) is 8.44. The van der Waals surface area contributed by atoms with Crippen LogP contribution in [0.3, 0.4) is 0 Å². The number of esters is 2. The Morgan fingerprint density at radius 3 is 2.63 bits per heavy atom. The number of fused-ring (bicyclic) bond motifs is 1. The molecule has 2 rings (SSSR count). The fourth-order valence-corrected chi connectivity index (χ4v) is 2.83. The minimum atomic E-state index is -0.720. The third-order valence-corrected chi connectivity index (χ3v) is 3.84. The van der Waals surface area contributed by atoms with Gasteiger partial charge in [0.25, 0.3) is 0 Å². The Hall–Kier alpha value is -2.78. The minimum Gasteiger partial charge on any atom is -0.465 e. The second-order valence-corrected chi connectivity index (χ2v) is 7.23. The van der Waals surface area contributed by atoms with Crippen molar-refractivity contribution in [2.45, 2.75) is 39.8 Å². The molecule has 0 amide bonds. The molecule has 6 nitrogen and oxygen atoms in total. The average molecular weight is 389 g/mol. The summed E-state index contributed by atoms with van der Waals surface area (Å²) in [5.41, 5.74) is 0.369. The van der Waals surface area contributed by atoms with E-state index in [2.05, 4.69) is 0 Å². The van der Waals surface area contributed by atoms with Crippen LogP contribution in [0.4, 0.5) is 0 Å². The van der Waals surface area contributed by atoms with Gasteiger partial charge in [-0.2, -0.15) is 5.26 Å². The summed E-state index contributed by atoms with van der Waals surface area (Å²) in [5, 5.41) is 10.5. The number of ether oxygens (including phenoxy) is 2. The molecule has 0 aliphatic heterocycles. The van der Waals surface area contributed by atoms with E-state index in [0.717, 1.165) is 0 Å². The number of hydrogen-bond donors (Lipinski definition) is 0. The van der Waals surface area contributed by atoms with E-state index in [1.807, 2.05) is 6.07 Å². The monoisotopic (exact) mass is 388 g/mol. The van der Waals surface area contributed by atoms with Gasteiger partial charge in [-0.25, -0.2) is 4.79 Å². The van der Waals surface area contributed by atoms with Crippen molar-refractivity contribution in [2.75, 3.05) is 6.61 Å². The zero-order valence-corrected chi connectivity index (χ0v) is 16.5. The highest BCUT2D eigenvalue weighted by Gasteiger charge is 2.21. The standard InChI is InChI=1S/C20H21ClN2O4/c1-5-26-17(24)12-23-11-14(18-15(21)7-6-8-16(18)23)9-13(10-22)19(25)27-20(2,3)4/h6-9,11H,5,12H2,1-4H3/b13-9+. The van der Waals surface area contributed by atoms with E-state index in [1.165, 1.54) is 6.08 Å². The predicted molar refractivity (Wildman–Crippen MR) is 103 cm³/mol. The second-order valence-electron chi connectivity index (χ2n) is 6.82. The van der Waals surface area contributed by atoms with E-state index in [0.29, 0.717) is 21.5 Å². The summed E-state index contributed by atoms with van der Waals surface area (Å²) in [6, 6.07) is 7.14. The molecule has 1 aromatic heterocycles. The van der Waals surface area contributed by atoms with Crippen LogP contribution >= 0.6 is 11.6 Å². The van der Waals surface area contributed by atoms with Gasteiger partial charge in [0.2, 0.25) is 0 Å². The molecule has 142 valence electrons. The molecule has 0 unspecified atom stereocenters. The number of carbonyl (C=O) groups is 2. The van der Waals surface area contributed by atoms with Crippen molar-refractivity contribution >= 4 is 40.5 Å². The molecule has 0 fully saturated rings. The number of hydrogen-bond acceptors (Lipinski definition) is 5. The SMILES string of the molecule is CCOC(=O)Cn1cc(/C=C(\C#N)C(=O)OC(C)(C)C)c2c(Cl)cccc21. The zero-order valence-electron chi connectivity index (χ0n) is 15.7. The highest BCUT2D eigenvalue weighted by atomic mass is 35.5. The van der Waals surface area contributed by atoms with E-state index in [4.69, 9.17) is 21.1 Å². The normalized spacial score (nSPS) is 11.9. The number of nitriles is 1. The average Bonchev–Trinajstić information content (AvgIpc) is 2.90. The first-order valence-corrected chi connectivity index (χ1v) is 8.82. The van der Waals surface area contributed by atoms with Crippen molar-refractivity contribution in [3.63, 3.8) is 0 Å². The van der Waals surface area contributed by atoms with Gasteiger partial charge in [0, 0.05) is 17.1 Å². The van der Waals surface area contributed by atoms with Crippen molar-refractivity contribution in [3.8, 4) is 6.07 Å². The van der Waals surface area contributed by atoms with Crippen molar-refractivity contribution in [2.24, 2.45) is 0 Å². The number of benzene rings is 1. The van der Waals surface area contributed by atoms with Crippen LogP contribution in [0.1, 0.15) is 33.3 Å². The molecule has 1 aromatic carbocycles. The van der Waals surface area contributed by atoms with Crippen LogP contribution in [-0.4, -0.2) is 28.7 Å². The fourth-order valence-electron chi connectivity index (χ4n) is 2.55. The molecular formula is C20H21ClN2O4. The lowest BCUT2D eigenvalue weighted by Gasteiger charge is -2.18. The number of carbonyl (C=O) groups excluding carboxylic acids is 2. The molecular weight excluding hydrogens is 368 g/mol. The topological polar surface area (TPSA) is 81.3 Å². The Labute approximate surface area is 162 Å². The summed E-state index contributed by atoms with van der Waals surface area (Å²) >= 11 is 6.33. The summed E-state index contributed by atoms with van der Waals surface area (Å²) in [5.74, 6) is -1.11. The molecule has 0 bridgehead atoms. The highest BCUT2D eigenvalue weighted by Crippen LogP contribution is 2.30. The molecule has 0 radical (unpaired) electrons. The van der Waals surface area contributed by atoms with Crippen molar-refractivity contribution < 1.29 is 19.1 Å². The lowest BCUT2D eigenvalue weighted by atomic mass is 10.1. The lowest BCUT2D eigenvalue weighted by Crippen LogP contribution is -2.24. The molecule has 0 N–H and O–H groups in total. The van der Waals surface area contributed by atoms with E-state index in [1.54, 1.807) is 56.7 Å². The van der Waals surface area contributed by atoms with Crippen LogP contribution < -0.4 is 0 Å². The van der Waals surface area contributed by atoms with Crippen LogP contribution in [0.15, 0.2) is 30.0 Å². The van der Waals surface area contributed by atoms with Crippen LogP contribution in [0.2, 0.25) is 5.02 Å². The van der Waals surface area contributed by atoms with Crippen molar-refractivity contribution in [1.29, 1.82) is 5.26 Å². The molecule has 0 aliphatic rings. The molecule has 7 heteroatoms. The molecule has 0 aliphatic carbocycles. The van der Waals surface area contributed by atoms with Crippen LogP contribution in [0, 0.1) is 11.3 Å². The minimum absolute atomic E-state index is 0.00710. The molecule has 0 spiro atoms. The molecule has 0 atom stereocenters. The first kappa shape index (κ1) is 20.5. The van der Waals surface area contributed by atoms with Gasteiger partial charge >= 0.3 is 11.9 Å². The Balaban J connectivity index is 2.53. The van der Waals surface area contributed by atoms with E-state index < -0.39 is 17.5 Å². The Kier molecular flexibility index (Phi) is 6.29. The van der Waals surface area contributed by atoms with Gasteiger partial charge in [0.05, 0.1) is 17.1 Å². The molecule has 0 saturated heterocycles. The summed E-state index contributed by atoms with van der Waals surface area (Å²) in [6.45, 7) is 7.18. The van der Waals surface area contributed by atoms with Gasteiger partial charge in [-0.05, 0) is 45.9 Å². The molecule has 27 heavy (non-hydrogen) atoms. The smallest absolute Gasteiger partial charge is 0.349 e. The van der Waals surface area contributed by atoms with Gasteiger partial charge in [-0.3, -0.25) is 4.79 Å². The van der Waals surface area contributed by atoms with Crippen LogP contribution in [-0.2, 0) is 25.6 Å². The number of rotatable bonds is 5. The maximum absolute atomic E-state index is 12.3. The summed E-state index contributed by atoms with van der Waals surface area (Å²) in [6.07, 6.45) is 3.08. The lowest BCUT2D eigenvalue weighted by molar-refractivity contribution is -0.149. The van der Waals surface area contributed by atoms with E-state index in [-0.39, 0.29) is 18.7 Å². The Morgan fingerprint density at radius 2 is 2.04 bits per heavy atom. The van der Waals surface area contributed by atoms with Crippen molar-refractivity contribution in [1.82, 2.24) is 4.57 Å². The predicted octanol–water partition coefficient (Wildman–Crippen LogP) is 4.11. The molecule has 0 saturated carbocycles. The maximum atomic E-state index is 12.3. The number of aromatic nitrogens is 1. The van der Waals surface area contributed by atoms with E-state index in [9.17, 15) is 14.9 Å². The molecule has 2 aromatic rings. The van der Waals surface area contributed by atoms with Gasteiger partial charge < -0.3 is 14.0 Å². The van der Waals surface area contributed by atoms with E-state index >= 15 is 0 Å². The van der Waals surface area contributed by atoms with Crippen molar-refractivity contribution in [3.05, 3.63) is 40.6 Å². The fraction of sp³-hybridized carbons (Fsp3) is 0.350. The van der Waals surface area contributed by atoms with Crippen LogP contribution in [0.5, 0.6) is 0 Å². The maximum Gasteiger partial charge on any atom is 0.349 e. The summed E-state index contributed by atoms with van der Waals surface area (Å²) in [7, 11) is 0. The third-order valence-electron chi connectivity index (χ3n) is 3.53. The number of halogens is 1. The first-order chi connectivity index (χ1) is 12.7. The summed E-state index contributed by atoms with van der Waals surface area (Å²) in [4.78, 5) is 24.1. The van der Waals surface area contributed by atoms with Gasteiger partial charge in [0.15, 0.2) is 0 Å². The Bertz CT molecular complexity index is 945. The highest BCUT2D eigenvalue weighted by molar-refractivity contribution is 6.36. The summed E-state index contributed by atoms with van der Waals surface area (Å²) < 4.78 is 11.9. The van der Waals surface area contributed by atoms with Crippen LogP contribution in [0.25, 0.3) is 17.0 Å². The quantitative estimate of drug-likeness (QED) is 0.437. The van der Waals surface area contributed by atoms with Gasteiger partial charge in [-0.1, -0.05) is 17.7 Å². The Morgan fingerprint density at radius 1 is 1.33 bits per heavy atom. The number of nitrogens with zero attached hydrogens (tertiary/aromatic N) is 2. The second kappa shape index (κ2) is 8.28. The zero-order chi connectivity index (χ0) is 20.2.